The van der Waals surface area contributed by atoms with Gasteiger partial charge in [0.05, 0.1) is 12.2 Å². The molecule has 0 bridgehead atoms. The van der Waals surface area contributed by atoms with Crippen LogP contribution in [0.3, 0.4) is 0 Å². The zero-order valence-electron chi connectivity index (χ0n) is 8.44. The molecule has 1 rings (SSSR count). The molecule has 0 aromatic heterocycles. The van der Waals surface area contributed by atoms with Gasteiger partial charge >= 0.3 is 0 Å². The van der Waals surface area contributed by atoms with Crippen LogP contribution in [0.2, 0.25) is 0 Å². The number of hydrogen-bond acceptors (Lipinski definition) is 4. The lowest BCUT2D eigenvalue weighted by Gasteiger charge is -2.07. The highest BCUT2D eigenvalue weighted by molar-refractivity contribution is 5.53. The molecule has 0 saturated heterocycles. The summed E-state index contributed by atoms with van der Waals surface area (Å²) in [4.78, 5) is 0. The van der Waals surface area contributed by atoms with Gasteiger partial charge in [0.15, 0.2) is 0 Å². The quantitative estimate of drug-likeness (QED) is 0.562. The third-order valence-electron chi connectivity index (χ3n) is 1.93. The number of aliphatic hydroxyl groups excluding tert-OH is 1. The Labute approximate surface area is 88.9 Å². The van der Waals surface area contributed by atoms with Gasteiger partial charge in [-0.05, 0) is 31.0 Å². The number of benzene rings is 1. The third kappa shape index (κ3) is 3.49. The van der Waals surface area contributed by atoms with Gasteiger partial charge in [-0.1, -0.05) is 0 Å². The number of ether oxygens (including phenoxy) is 1. The molecule has 15 heavy (non-hydrogen) atoms. The van der Waals surface area contributed by atoms with Crippen molar-refractivity contribution in [2.24, 2.45) is 0 Å². The predicted molar refractivity (Wildman–Crippen MR) is 57.4 cm³/mol. The van der Waals surface area contributed by atoms with Gasteiger partial charge in [-0.3, -0.25) is 0 Å². The summed E-state index contributed by atoms with van der Waals surface area (Å²) in [5, 5.41) is 17.4. The minimum atomic E-state index is 0.163. The first-order valence-corrected chi connectivity index (χ1v) is 4.81. The van der Waals surface area contributed by atoms with E-state index in [2.05, 4.69) is 0 Å². The SMILES string of the molecule is N#Cc1cc(N)ccc1OCCCCO. The number of anilines is 1. The monoisotopic (exact) mass is 206 g/mol. The average molecular weight is 206 g/mol. The van der Waals surface area contributed by atoms with E-state index < -0.39 is 0 Å². The fourth-order valence-corrected chi connectivity index (χ4v) is 1.16. The van der Waals surface area contributed by atoms with Gasteiger partial charge in [-0.2, -0.15) is 5.26 Å². The van der Waals surface area contributed by atoms with Crippen LogP contribution in [0.25, 0.3) is 0 Å². The second-order valence-electron chi connectivity index (χ2n) is 3.15. The average Bonchev–Trinajstić information content (AvgIpc) is 2.26. The number of nitrogens with zero attached hydrogens (tertiary/aromatic N) is 1. The Bertz CT molecular complexity index is 358. The first kappa shape index (κ1) is 11.3. The van der Waals surface area contributed by atoms with Crippen LogP contribution in [-0.2, 0) is 0 Å². The topological polar surface area (TPSA) is 79.3 Å². The van der Waals surface area contributed by atoms with Crippen LogP contribution < -0.4 is 10.5 Å². The standard InChI is InChI=1S/C11H14N2O2/c12-8-9-7-10(13)3-4-11(9)15-6-2-1-5-14/h3-4,7,14H,1-2,5-6,13H2. The van der Waals surface area contributed by atoms with E-state index >= 15 is 0 Å². The summed E-state index contributed by atoms with van der Waals surface area (Å²) in [6.07, 6.45) is 1.47. The van der Waals surface area contributed by atoms with Crippen molar-refractivity contribution >= 4 is 5.69 Å². The first-order chi connectivity index (χ1) is 7.27. The highest BCUT2D eigenvalue weighted by Gasteiger charge is 2.02. The van der Waals surface area contributed by atoms with E-state index in [0.29, 0.717) is 30.0 Å². The molecule has 80 valence electrons. The van der Waals surface area contributed by atoms with E-state index in [1.54, 1.807) is 18.2 Å². The van der Waals surface area contributed by atoms with E-state index in [4.69, 9.17) is 20.8 Å². The Morgan fingerprint density at radius 2 is 2.20 bits per heavy atom. The molecule has 0 spiro atoms. The number of nitrogen functional groups attached to an aromatic ring is 1. The molecule has 1 aromatic carbocycles. The first-order valence-electron chi connectivity index (χ1n) is 4.81. The summed E-state index contributed by atoms with van der Waals surface area (Å²) in [6.45, 7) is 0.662. The fraction of sp³-hybridized carbons (Fsp3) is 0.364. The highest BCUT2D eigenvalue weighted by Crippen LogP contribution is 2.20. The molecule has 4 heteroatoms. The molecule has 0 aliphatic rings. The molecule has 0 heterocycles. The number of nitrogens with two attached hydrogens (primary N) is 1. The zero-order chi connectivity index (χ0) is 11.1. The summed E-state index contributed by atoms with van der Waals surface area (Å²) >= 11 is 0. The molecule has 0 aliphatic heterocycles. The van der Waals surface area contributed by atoms with Crippen molar-refractivity contribution < 1.29 is 9.84 Å². The van der Waals surface area contributed by atoms with Gasteiger partial charge in [0.2, 0.25) is 0 Å². The molecule has 4 nitrogen and oxygen atoms in total. The maximum absolute atomic E-state index is 8.82. The molecule has 0 fully saturated rings. The maximum atomic E-state index is 8.82. The Morgan fingerprint density at radius 1 is 1.40 bits per heavy atom. The van der Waals surface area contributed by atoms with Gasteiger partial charge in [0.1, 0.15) is 11.8 Å². The molecule has 3 N–H and O–H groups in total. The lowest BCUT2D eigenvalue weighted by atomic mass is 10.2. The van der Waals surface area contributed by atoms with Crippen LogP contribution in [-0.4, -0.2) is 18.3 Å². The van der Waals surface area contributed by atoms with Crippen LogP contribution in [0, 0.1) is 11.3 Å². The Morgan fingerprint density at radius 3 is 2.87 bits per heavy atom. The Hall–Kier alpha value is -1.73. The van der Waals surface area contributed by atoms with Crippen molar-refractivity contribution in [1.82, 2.24) is 0 Å². The van der Waals surface area contributed by atoms with Crippen LogP contribution in [0.5, 0.6) is 5.75 Å². The second kappa shape index (κ2) is 5.89. The van der Waals surface area contributed by atoms with E-state index in [-0.39, 0.29) is 6.61 Å². The Balaban J connectivity index is 2.57. The molecule has 1 aromatic rings. The summed E-state index contributed by atoms with van der Waals surface area (Å²) in [5.74, 6) is 0.546. The van der Waals surface area contributed by atoms with Crippen LogP contribution in [0.1, 0.15) is 18.4 Å². The molecular formula is C11H14N2O2. The molecule has 0 amide bonds. The summed E-state index contributed by atoms with van der Waals surface area (Å²) in [5.41, 5.74) is 6.53. The van der Waals surface area contributed by atoms with E-state index in [0.717, 1.165) is 6.42 Å². The van der Waals surface area contributed by atoms with Crippen LogP contribution in [0.15, 0.2) is 18.2 Å². The van der Waals surface area contributed by atoms with Gasteiger partial charge in [0.25, 0.3) is 0 Å². The summed E-state index contributed by atoms with van der Waals surface area (Å²) in [7, 11) is 0. The van der Waals surface area contributed by atoms with Crippen molar-refractivity contribution in [2.75, 3.05) is 18.9 Å². The van der Waals surface area contributed by atoms with Crippen molar-refractivity contribution in [3.63, 3.8) is 0 Å². The zero-order valence-corrected chi connectivity index (χ0v) is 8.44. The molecule has 0 unspecified atom stereocenters. The van der Waals surface area contributed by atoms with Gasteiger partial charge in [-0.15, -0.1) is 0 Å². The largest absolute Gasteiger partial charge is 0.492 e. The molecule has 0 radical (unpaired) electrons. The van der Waals surface area contributed by atoms with Gasteiger partial charge in [-0.25, -0.2) is 0 Å². The van der Waals surface area contributed by atoms with Gasteiger partial charge in [0, 0.05) is 12.3 Å². The number of rotatable bonds is 5. The molecule has 0 saturated carbocycles. The lowest BCUT2D eigenvalue weighted by molar-refractivity contribution is 0.253. The van der Waals surface area contributed by atoms with E-state index in [1.807, 2.05) is 6.07 Å². The van der Waals surface area contributed by atoms with E-state index in [1.165, 1.54) is 0 Å². The van der Waals surface area contributed by atoms with Crippen LogP contribution in [0.4, 0.5) is 5.69 Å². The minimum absolute atomic E-state index is 0.163. The van der Waals surface area contributed by atoms with Gasteiger partial charge < -0.3 is 15.6 Å². The highest BCUT2D eigenvalue weighted by atomic mass is 16.5. The Kier molecular flexibility index (Phi) is 4.45. The summed E-state index contributed by atoms with van der Waals surface area (Å²) in [6, 6.07) is 6.99. The normalized spacial score (nSPS) is 9.60. The van der Waals surface area contributed by atoms with Crippen molar-refractivity contribution in [3.05, 3.63) is 23.8 Å². The number of unbranched alkanes of at least 4 members (excludes halogenated alkanes) is 1. The smallest absolute Gasteiger partial charge is 0.137 e. The number of nitriles is 1. The van der Waals surface area contributed by atoms with Crippen molar-refractivity contribution in [2.45, 2.75) is 12.8 Å². The van der Waals surface area contributed by atoms with Crippen LogP contribution >= 0.6 is 0 Å². The number of aliphatic hydroxyl groups is 1. The molecule has 0 atom stereocenters. The molecular weight excluding hydrogens is 192 g/mol. The minimum Gasteiger partial charge on any atom is -0.492 e. The molecule has 0 aliphatic carbocycles. The van der Waals surface area contributed by atoms with Crippen molar-refractivity contribution in [3.8, 4) is 11.8 Å². The lowest BCUT2D eigenvalue weighted by Crippen LogP contribution is -2.00. The maximum Gasteiger partial charge on any atom is 0.137 e. The predicted octanol–water partition coefficient (Wildman–Crippen LogP) is 1.29. The second-order valence-corrected chi connectivity index (χ2v) is 3.15. The number of hydrogen-bond donors (Lipinski definition) is 2. The summed E-state index contributed by atoms with van der Waals surface area (Å²) < 4.78 is 5.40. The van der Waals surface area contributed by atoms with E-state index in [9.17, 15) is 0 Å². The van der Waals surface area contributed by atoms with Crippen molar-refractivity contribution in [1.29, 1.82) is 5.26 Å². The third-order valence-corrected chi connectivity index (χ3v) is 1.93. The fourth-order valence-electron chi connectivity index (χ4n) is 1.16.